The van der Waals surface area contributed by atoms with Gasteiger partial charge in [0, 0.05) is 41.9 Å². The molecule has 2 aromatic heterocycles. The predicted molar refractivity (Wildman–Crippen MR) is 149 cm³/mol. The molecular formula is C27H27FN4O5S2. The van der Waals surface area contributed by atoms with E-state index in [1.54, 1.807) is 43.6 Å². The van der Waals surface area contributed by atoms with Gasteiger partial charge < -0.3 is 15.2 Å². The van der Waals surface area contributed by atoms with Crippen molar-refractivity contribution < 1.29 is 22.4 Å². The second-order valence-electron chi connectivity index (χ2n) is 9.93. The quantitative estimate of drug-likeness (QED) is 0.335. The number of amides is 2. The summed E-state index contributed by atoms with van der Waals surface area (Å²) < 4.78 is 43.8. The molecule has 1 fully saturated rings. The zero-order valence-corrected chi connectivity index (χ0v) is 23.2. The van der Waals surface area contributed by atoms with Crippen LogP contribution in [0.1, 0.15) is 36.9 Å². The predicted octanol–water partition coefficient (Wildman–Crippen LogP) is 3.21. The highest BCUT2D eigenvalue weighted by Gasteiger charge is 2.39. The molecule has 1 aliphatic rings. The number of aryl methyl sites for hydroxylation is 1. The Balaban J connectivity index is 1.56. The van der Waals surface area contributed by atoms with Crippen molar-refractivity contribution in [1.29, 1.82) is 0 Å². The summed E-state index contributed by atoms with van der Waals surface area (Å²) in [5.41, 5.74) is 0.699. The number of hydrogen-bond acceptors (Lipinski definition) is 7. The Labute approximate surface area is 228 Å². The maximum Gasteiger partial charge on any atom is 0.258 e. The van der Waals surface area contributed by atoms with Crippen LogP contribution in [0.5, 0.6) is 0 Å². The molecule has 12 heteroatoms. The maximum absolute atomic E-state index is 15.5. The van der Waals surface area contributed by atoms with Crippen molar-refractivity contribution >= 4 is 54.0 Å². The highest BCUT2D eigenvalue weighted by Crippen LogP contribution is 2.37. The monoisotopic (exact) mass is 570 g/mol. The van der Waals surface area contributed by atoms with Gasteiger partial charge >= 0.3 is 0 Å². The average Bonchev–Trinajstić information content (AvgIpc) is 3.61. The Hall–Kier alpha value is -3.64. The van der Waals surface area contributed by atoms with E-state index in [1.165, 1.54) is 24.5 Å². The van der Waals surface area contributed by atoms with Crippen molar-refractivity contribution in [2.75, 3.05) is 6.54 Å². The number of carbonyl (C=O) groups is 2. The minimum atomic E-state index is -4.04. The summed E-state index contributed by atoms with van der Waals surface area (Å²) in [4.78, 5) is 42.1. The largest absolute Gasteiger partial charge is 0.352 e. The van der Waals surface area contributed by atoms with Crippen LogP contribution in [-0.2, 0) is 26.5 Å². The first-order valence-corrected chi connectivity index (χ1v) is 14.9. The molecule has 0 aliphatic heterocycles. The van der Waals surface area contributed by atoms with Crippen molar-refractivity contribution in [3.8, 4) is 11.1 Å². The minimum absolute atomic E-state index is 0.0133. The summed E-state index contributed by atoms with van der Waals surface area (Å²) in [7, 11) is -2.45. The van der Waals surface area contributed by atoms with Crippen LogP contribution in [0.2, 0.25) is 0 Å². The number of pyridine rings is 1. The fraction of sp³-hybridized carbons (Fsp3) is 0.333. The molecule has 1 atom stereocenters. The number of fused-ring (bicyclic) bond motifs is 2. The van der Waals surface area contributed by atoms with E-state index in [2.05, 4.69) is 15.6 Å². The fourth-order valence-corrected chi connectivity index (χ4v) is 7.13. The molecule has 2 N–H and O–H groups in total. The van der Waals surface area contributed by atoms with Crippen LogP contribution in [0, 0.1) is 5.82 Å². The van der Waals surface area contributed by atoms with E-state index < -0.39 is 38.0 Å². The Morgan fingerprint density at radius 3 is 2.51 bits per heavy atom. The first kappa shape index (κ1) is 26.9. The smallest absolute Gasteiger partial charge is 0.258 e. The molecule has 9 nitrogen and oxygen atoms in total. The van der Waals surface area contributed by atoms with Gasteiger partial charge in [0.15, 0.2) is 15.1 Å². The van der Waals surface area contributed by atoms with Gasteiger partial charge in [0.1, 0.15) is 10.8 Å². The lowest BCUT2D eigenvalue weighted by molar-refractivity contribution is -0.126. The molecule has 0 bridgehead atoms. The number of aromatic nitrogens is 2. The number of benzene rings is 2. The number of nitrogens with zero attached hydrogens (tertiary/aromatic N) is 2. The SMILES string of the molecule is CC(C)S(=O)(=O)C(C(=O)NCC(=O)NC1CC1)c1nc2cc(F)c(-c3cn(C)c(=O)c4ccccc34)cc2s1. The number of thiazole rings is 1. The third-order valence-corrected chi connectivity index (χ3v) is 10.3. The topological polar surface area (TPSA) is 127 Å². The molecule has 4 aromatic rings. The van der Waals surface area contributed by atoms with Gasteiger partial charge in [0.25, 0.3) is 5.56 Å². The molecule has 1 unspecified atom stereocenters. The minimum Gasteiger partial charge on any atom is -0.352 e. The summed E-state index contributed by atoms with van der Waals surface area (Å²) in [5.74, 6) is -1.86. The Kier molecular flexibility index (Phi) is 7.02. The number of carbonyl (C=O) groups excluding carboxylic acids is 2. The van der Waals surface area contributed by atoms with Crippen molar-refractivity contribution in [3.05, 3.63) is 63.8 Å². The van der Waals surface area contributed by atoms with Gasteiger partial charge in [-0.1, -0.05) is 18.2 Å². The van der Waals surface area contributed by atoms with Gasteiger partial charge in [-0.3, -0.25) is 14.4 Å². The van der Waals surface area contributed by atoms with Crippen LogP contribution in [0.4, 0.5) is 4.39 Å². The molecule has 39 heavy (non-hydrogen) atoms. The highest BCUT2D eigenvalue weighted by atomic mass is 32.2. The third-order valence-electron chi connectivity index (χ3n) is 6.69. The van der Waals surface area contributed by atoms with Crippen molar-refractivity contribution in [3.63, 3.8) is 0 Å². The Morgan fingerprint density at radius 1 is 1.15 bits per heavy atom. The maximum atomic E-state index is 15.5. The lowest BCUT2D eigenvalue weighted by Crippen LogP contribution is -2.42. The van der Waals surface area contributed by atoms with E-state index in [0.717, 1.165) is 24.2 Å². The molecule has 2 heterocycles. The summed E-state index contributed by atoms with van der Waals surface area (Å²) in [6.45, 7) is 2.57. The second-order valence-corrected chi connectivity index (χ2v) is 13.6. The van der Waals surface area contributed by atoms with Crippen LogP contribution < -0.4 is 16.2 Å². The summed E-state index contributed by atoms with van der Waals surface area (Å²) >= 11 is 0.976. The number of rotatable bonds is 8. The summed E-state index contributed by atoms with van der Waals surface area (Å²) in [6, 6.07) is 9.76. The first-order valence-electron chi connectivity index (χ1n) is 12.5. The van der Waals surface area contributed by atoms with Crippen LogP contribution in [-0.4, -0.2) is 47.6 Å². The molecule has 5 rings (SSSR count). The van der Waals surface area contributed by atoms with Crippen LogP contribution in [0.25, 0.3) is 32.1 Å². The zero-order valence-electron chi connectivity index (χ0n) is 21.5. The standard InChI is InChI=1S/C27H27FN4O5S2/c1-14(2)39(36,37)24(25(34)29-12-23(33)30-15-8-9-15)26-31-21-11-20(28)18(10-22(21)38-26)19-13-32(3)27(35)17-7-5-4-6-16(17)19/h4-7,10-11,13-15,24H,8-9,12H2,1-3H3,(H,29,34)(H,30,33). The molecule has 0 radical (unpaired) electrons. The average molecular weight is 571 g/mol. The zero-order chi connectivity index (χ0) is 28.1. The van der Waals surface area contributed by atoms with Crippen molar-refractivity contribution in [2.24, 2.45) is 7.05 Å². The van der Waals surface area contributed by atoms with Gasteiger partial charge in [-0.25, -0.2) is 17.8 Å². The van der Waals surface area contributed by atoms with Gasteiger partial charge in [0.2, 0.25) is 11.8 Å². The lowest BCUT2D eigenvalue weighted by atomic mass is 10.00. The van der Waals surface area contributed by atoms with E-state index in [0.29, 0.717) is 21.0 Å². The molecule has 0 saturated heterocycles. The van der Waals surface area contributed by atoms with Gasteiger partial charge in [0.05, 0.1) is 22.0 Å². The van der Waals surface area contributed by atoms with E-state index in [-0.39, 0.29) is 34.2 Å². The lowest BCUT2D eigenvalue weighted by Gasteiger charge is -2.17. The number of hydrogen-bond donors (Lipinski definition) is 2. The summed E-state index contributed by atoms with van der Waals surface area (Å²) in [5, 5.41) is 3.61. The van der Waals surface area contributed by atoms with E-state index in [1.807, 2.05) is 0 Å². The third kappa shape index (κ3) is 5.18. The van der Waals surface area contributed by atoms with E-state index >= 15 is 4.39 Å². The Bertz CT molecular complexity index is 1790. The van der Waals surface area contributed by atoms with Crippen LogP contribution in [0.15, 0.2) is 47.4 Å². The number of halogens is 1. The molecular weight excluding hydrogens is 543 g/mol. The van der Waals surface area contributed by atoms with Gasteiger partial charge in [-0.15, -0.1) is 11.3 Å². The highest BCUT2D eigenvalue weighted by molar-refractivity contribution is 7.93. The van der Waals surface area contributed by atoms with Gasteiger partial charge in [-0.2, -0.15) is 0 Å². The van der Waals surface area contributed by atoms with E-state index in [9.17, 15) is 22.8 Å². The molecule has 2 amide bonds. The first-order chi connectivity index (χ1) is 18.5. The van der Waals surface area contributed by atoms with Gasteiger partial charge in [-0.05, 0) is 44.2 Å². The summed E-state index contributed by atoms with van der Waals surface area (Å²) in [6.07, 6.45) is 3.32. The molecule has 1 saturated carbocycles. The number of sulfone groups is 1. The molecule has 0 spiro atoms. The molecule has 204 valence electrons. The Morgan fingerprint density at radius 2 is 1.85 bits per heavy atom. The van der Waals surface area contributed by atoms with Crippen LogP contribution >= 0.6 is 11.3 Å². The fourth-order valence-electron chi connectivity index (χ4n) is 4.36. The second kappa shape index (κ2) is 10.2. The molecule has 2 aromatic carbocycles. The molecule has 1 aliphatic carbocycles. The van der Waals surface area contributed by atoms with Crippen LogP contribution in [0.3, 0.4) is 0 Å². The van der Waals surface area contributed by atoms with E-state index in [4.69, 9.17) is 0 Å². The normalized spacial score (nSPS) is 14.6. The van der Waals surface area contributed by atoms with Crippen molar-refractivity contribution in [1.82, 2.24) is 20.2 Å². The number of nitrogens with one attached hydrogen (secondary N) is 2. The van der Waals surface area contributed by atoms with Crippen molar-refractivity contribution in [2.45, 2.75) is 43.2 Å².